The molecule has 0 aliphatic rings. The maximum Gasteiger partial charge on any atom is 0.419 e. The number of nitrogens with two attached hydrogens (primary N) is 1. The first-order valence-corrected chi connectivity index (χ1v) is 6.09. The van der Waals surface area contributed by atoms with Crippen molar-refractivity contribution in [1.29, 1.82) is 0 Å². The Bertz CT molecular complexity index is 640. The van der Waals surface area contributed by atoms with Crippen molar-refractivity contribution >= 4 is 0 Å². The normalized spacial score (nSPS) is 13.2. The Morgan fingerprint density at radius 1 is 1.24 bits per heavy atom. The fraction of sp³-hybridized carbons (Fsp3) is 0.214. The van der Waals surface area contributed by atoms with Crippen LogP contribution in [0.25, 0.3) is 0 Å². The molecule has 1 aromatic heterocycles. The highest BCUT2D eigenvalue weighted by Crippen LogP contribution is 2.33. The van der Waals surface area contributed by atoms with Gasteiger partial charge in [0.25, 0.3) is 0 Å². The quantitative estimate of drug-likeness (QED) is 0.520. The van der Waals surface area contributed by atoms with Gasteiger partial charge in [-0.05, 0) is 36.2 Å². The van der Waals surface area contributed by atoms with Gasteiger partial charge in [0.05, 0.1) is 11.6 Å². The van der Waals surface area contributed by atoms with Crippen LogP contribution in [0.15, 0.2) is 36.5 Å². The molecular formula is C14H13F4N3. The summed E-state index contributed by atoms with van der Waals surface area (Å²) in [6.45, 7) is 1.74. The van der Waals surface area contributed by atoms with Gasteiger partial charge in [-0.15, -0.1) is 0 Å². The van der Waals surface area contributed by atoms with Crippen molar-refractivity contribution in [3.05, 3.63) is 64.7 Å². The van der Waals surface area contributed by atoms with Crippen molar-refractivity contribution in [2.24, 2.45) is 5.84 Å². The second-order valence-corrected chi connectivity index (χ2v) is 4.51. The predicted molar refractivity (Wildman–Crippen MR) is 69.5 cm³/mol. The summed E-state index contributed by atoms with van der Waals surface area (Å²) in [6.07, 6.45) is -3.14. The van der Waals surface area contributed by atoms with Crippen LogP contribution in [0.2, 0.25) is 0 Å². The number of rotatable bonds is 3. The van der Waals surface area contributed by atoms with Crippen LogP contribution in [0.3, 0.4) is 0 Å². The molecule has 0 amide bonds. The Hall–Kier alpha value is -1.99. The highest BCUT2D eigenvalue weighted by atomic mass is 19.4. The molecule has 0 radical (unpaired) electrons. The number of hydrogen-bond donors (Lipinski definition) is 2. The number of hydrazine groups is 1. The van der Waals surface area contributed by atoms with Crippen molar-refractivity contribution < 1.29 is 17.6 Å². The molecule has 0 saturated heterocycles. The lowest BCUT2D eigenvalue weighted by atomic mass is 9.97. The minimum absolute atomic E-state index is 0.291. The van der Waals surface area contributed by atoms with E-state index in [9.17, 15) is 17.6 Å². The van der Waals surface area contributed by atoms with Crippen molar-refractivity contribution in [3.63, 3.8) is 0 Å². The van der Waals surface area contributed by atoms with Crippen LogP contribution in [0.1, 0.15) is 28.4 Å². The predicted octanol–water partition coefficient (Wildman–Crippen LogP) is 3.10. The summed E-state index contributed by atoms with van der Waals surface area (Å²) in [5.74, 6) is 4.13. The molecule has 3 nitrogen and oxygen atoms in total. The molecule has 21 heavy (non-hydrogen) atoms. The van der Waals surface area contributed by atoms with E-state index in [1.54, 1.807) is 25.3 Å². The summed E-state index contributed by atoms with van der Waals surface area (Å²) in [4.78, 5) is 4.08. The first-order valence-electron chi connectivity index (χ1n) is 6.09. The average molecular weight is 299 g/mol. The molecule has 0 fully saturated rings. The molecule has 0 saturated carbocycles. The first kappa shape index (κ1) is 15.4. The van der Waals surface area contributed by atoms with Crippen molar-refractivity contribution in [2.45, 2.75) is 19.1 Å². The molecule has 3 N–H and O–H groups in total. The zero-order chi connectivity index (χ0) is 15.6. The minimum atomic E-state index is -4.72. The van der Waals surface area contributed by atoms with Crippen LogP contribution in [0.4, 0.5) is 17.6 Å². The molecule has 2 aromatic rings. The monoisotopic (exact) mass is 299 g/mol. The van der Waals surface area contributed by atoms with E-state index in [2.05, 4.69) is 10.4 Å². The van der Waals surface area contributed by atoms with Crippen molar-refractivity contribution in [2.75, 3.05) is 0 Å². The maximum atomic E-state index is 13.7. The second kappa shape index (κ2) is 5.79. The Labute approximate surface area is 118 Å². The zero-order valence-electron chi connectivity index (χ0n) is 11.1. The number of aromatic nitrogens is 1. The fourth-order valence-corrected chi connectivity index (χ4v) is 2.11. The van der Waals surface area contributed by atoms with Crippen molar-refractivity contribution in [3.8, 4) is 0 Å². The van der Waals surface area contributed by atoms with Crippen LogP contribution < -0.4 is 11.3 Å². The lowest BCUT2D eigenvalue weighted by molar-refractivity contribution is -0.140. The Morgan fingerprint density at radius 2 is 1.95 bits per heavy atom. The van der Waals surface area contributed by atoms with Crippen LogP contribution in [-0.4, -0.2) is 4.98 Å². The number of nitrogens with one attached hydrogen (secondary N) is 1. The summed E-state index contributed by atoms with van der Waals surface area (Å²) in [5.41, 5.74) is 2.78. The van der Waals surface area contributed by atoms with Crippen LogP contribution >= 0.6 is 0 Å². The van der Waals surface area contributed by atoms with E-state index < -0.39 is 23.6 Å². The number of hydrogen-bond acceptors (Lipinski definition) is 3. The van der Waals surface area contributed by atoms with Gasteiger partial charge in [0.2, 0.25) is 0 Å². The van der Waals surface area contributed by atoms with Gasteiger partial charge in [-0.3, -0.25) is 10.8 Å². The molecule has 0 aliphatic heterocycles. The molecule has 0 bridgehead atoms. The van der Waals surface area contributed by atoms with Gasteiger partial charge in [0, 0.05) is 11.9 Å². The Morgan fingerprint density at radius 3 is 2.48 bits per heavy atom. The van der Waals surface area contributed by atoms with Gasteiger partial charge >= 0.3 is 6.18 Å². The van der Waals surface area contributed by atoms with Gasteiger partial charge in [0.1, 0.15) is 5.82 Å². The van der Waals surface area contributed by atoms with Crippen LogP contribution in [0.5, 0.6) is 0 Å². The third kappa shape index (κ3) is 3.20. The summed E-state index contributed by atoms with van der Waals surface area (Å²) < 4.78 is 51.3. The Balaban J connectivity index is 2.45. The highest BCUT2D eigenvalue weighted by Gasteiger charge is 2.34. The molecule has 1 heterocycles. The number of halogens is 4. The van der Waals surface area contributed by atoms with E-state index in [-0.39, 0.29) is 0 Å². The third-order valence-electron chi connectivity index (χ3n) is 3.16. The molecule has 0 spiro atoms. The van der Waals surface area contributed by atoms with Crippen LogP contribution in [-0.2, 0) is 6.18 Å². The topological polar surface area (TPSA) is 50.9 Å². The van der Waals surface area contributed by atoms with Crippen molar-refractivity contribution in [1.82, 2.24) is 10.4 Å². The molecule has 2 rings (SSSR count). The SMILES string of the molecule is Cc1ncccc1C(NN)c1ccc(C(F)(F)F)c(F)c1. The lowest BCUT2D eigenvalue weighted by Crippen LogP contribution is -2.29. The number of alkyl halides is 3. The van der Waals surface area contributed by atoms with Gasteiger partial charge in [-0.1, -0.05) is 12.1 Å². The van der Waals surface area contributed by atoms with Gasteiger partial charge in [0.15, 0.2) is 0 Å². The molecule has 1 aromatic carbocycles. The summed E-state index contributed by atoms with van der Waals surface area (Å²) in [7, 11) is 0. The van der Waals surface area contributed by atoms with E-state index >= 15 is 0 Å². The largest absolute Gasteiger partial charge is 0.419 e. The number of benzene rings is 1. The summed E-state index contributed by atoms with van der Waals surface area (Å²) in [6, 6.07) is 5.49. The van der Waals surface area contributed by atoms with E-state index in [0.29, 0.717) is 22.9 Å². The molecule has 1 unspecified atom stereocenters. The molecule has 7 heteroatoms. The summed E-state index contributed by atoms with van der Waals surface area (Å²) in [5, 5.41) is 0. The number of pyridine rings is 1. The van der Waals surface area contributed by atoms with E-state index in [0.717, 1.165) is 6.07 Å². The van der Waals surface area contributed by atoms with Gasteiger partial charge < -0.3 is 0 Å². The second-order valence-electron chi connectivity index (χ2n) is 4.51. The minimum Gasteiger partial charge on any atom is -0.271 e. The molecular weight excluding hydrogens is 286 g/mol. The van der Waals surface area contributed by atoms with Gasteiger partial charge in [-0.2, -0.15) is 13.2 Å². The van der Waals surface area contributed by atoms with Gasteiger partial charge in [-0.25, -0.2) is 9.82 Å². The molecule has 0 aliphatic carbocycles. The Kier molecular flexibility index (Phi) is 4.24. The molecule has 112 valence electrons. The van der Waals surface area contributed by atoms with E-state index in [1.807, 2.05) is 0 Å². The van der Waals surface area contributed by atoms with Crippen LogP contribution in [0, 0.1) is 12.7 Å². The smallest absolute Gasteiger partial charge is 0.271 e. The standard InChI is InChI=1S/C14H13F4N3/c1-8-10(3-2-6-20-8)13(21-19)9-4-5-11(12(15)7-9)14(16,17)18/h2-7,13,21H,19H2,1H3. The first-order chi connectivity index (χ1) is 9.84. The number of aryl methyl sites for hydroxylation is 1. The average Bonchev–Trinajstić information content (AvgIpc) is 2.40. The van der Waals surface area contributed by atoms with E-state index in [1.165, 1.54) is 6.07 Å². The molecule has 1 atom stereocenters. The zero-order valence-corrected chi connectivity index (χ0v) is 11.1. The maximum absolute atomic E-state index is 13.7. The third-order valence-corrected chi connectivity index (χ3v) is 3.16. The fourth-order valence-electron chi connectivity index (χ4n) is 2.11. The summed E-state index contributed by atoms with van der Waals surface area (Å²) >= 11 is 0. The highest BCUT2D eigenvalue weighted by molar-refractivity contribution is 5.36. The number of nitrogens with zero attached hydrogens (tertiary/aromatic N) is 1. The van der Waals surface area contributed by atoms with E-state index in [4.69, 9.17) is 5.84 Å². The lowest BCUT2D eigenvalue weighted by Gasteiger charge is -2.19.